The third-order valence-corrected chi connectivity index (χ3v) is 5.07. The molecule has 2 atom stereocenters. The van der Waals surface area contributed by atoms with Crippen molar-refractivity contribution in [2.75, 3.05) is 18.0 Å². The van der Waals surface area contributed by atoms with Gasteiger partial charge in [-0.05, 0) is 33.6 Å². The van der Waals surface area contributed by atoms with Crippen molar-refractivity contribution >= 4 is 22.6 Å². The summed E-state index contributed by atoms with van der Waals surface area (Å²) in [6, 6.07) is 8.78. The van der Waals surface area contributed by atoms with Gasteiger partial charge in [0.15, 0.2) is 0 Å². The Labute approximate surface area is 148 Å². The fourth-order valence-electron chi connectivity index (χ4n) is 4.06. The molecular formula is C20H25N3O2. The lowest BCUT2D eigenvalue weighted by Gasteiger charge is -2.42. The van der Waals surface area contributed by atoms with Gasteiger partial charge in [-0.15, -0.1) is 0 Å². The van der Waals surface area contributed by atoms with Gasteiger partial charge in [0.1, 0.15) is 5.60 Å². The van der Waals surface area contributed by atoms with Crippen molar-refractivity contribution in [1.82, 2.24) is 9.88 Å². The van der Waals surface area contributed by atoms with Crippen LogP contribution in [0.1, 0.15) is 33.6 Å². The normalized spacial score (nSPS) is 23.2. The first-order valence-corrected chi connectivity index (χ1v) is 9.01. The van der Waals surface area contributed by atoms with E-state index in [0.717, 1.165) is 31.3 Å². The van der Waals surface area contributed by atoms with E-state index in [0.29, 0.717) is 0 Å². The smallest absolute Gasteiger partial charge is 0.410 e. The molecule has 2 aliphatic rings. The maximum absolute atomic E-state index is 12.6. The molecule has 2 saturated heterocycles. The Bertz CT molecular complexity index is 780. The lowest BCUT2D eigenvalue weighted by molar-refractivity contribution is 0.0123. The van der Waals surface area contributed by atoms with Crippen molar-refractivity contribution in [3.8, 4) is 0 Å². The topological polar surface area (TPSA) is 45.7 Å². The molecule has 2 fully saturated rings. The van der Waals surface area contributed by atoms with Gasteiger partial charge in [0.2, 0.25) is 0 Å². The van der Waals surface area contributed by atoms with Crippen molar-refractivity contribution in [1.29, 1.82) is 0 Å². The molecule has 0 aliphatic carbocycles. The minimum Gasteiger partial charge on any atom is -0.444 e. The maximum Gasteiger partial charge on any atom is 0.410 e. The molecule has 2 aliphatic heterocycles. The van der Waals surface area contributed by atoms with Gasteiger partial charge in [-0.3, -0.25) is 9.88 Å². The van der Waals surface area contributed by atoms with E-state index < -0.39 is 5.60 Å². The summed E-state index contributed by atoms with van der Waals surface area (Å²) in [5.74, 6) is 0. The van der Waals surface area contributed by atoms with E-state index in [1.807, 2.05) is 44.1 Å². The molecule has 0 unspecified atom stereocenters. The van der Waals surface area contributed by atoms with Crippen LogP contribution in [0.15, 0.2) is 36.7 Å². The van der Waals surface area contributed by atoms with Crippen molar-refractivity contribution in [2.24, 2.45) is 0 Å². The molecule has 2 bridgehead atoms. The number of carbonyl (C=O) groups excluding carboxylic acids is 1. The summed E-state index contributed by atoms with van der Waals surface area (Å²) in [6.07, 6.45) is 5.77. The molecule has 2 aromatic rings. The van der Waals surface area contributed by atoms with Crippen LogP contribution in [-0.2, 0) is 4.74 Å². The predicted octanol–water partition coefficient (Wildman–Crippen LogP) is 3.82. The van der Waals surface area contributed by atoms with Crippen molar-refractivity contribution < 1.29 is 9.53 Å². The molecule has 3 heterocycles. The van der Waals surface area contributed by atoms with Gasteiger partial charge in [-0.2, -0.15) is 0 Å². The number of hydrogen-bond donors (Lipinski definition) is 0. The summed E-state index contributed by atoms with van der Waals surface area (Å²) < 4.78 is 5.63. The Morgan fingerprint density at radius 3 is 2.48 bits per heavy atom. The summed E-state index contributed by atoms with van der Waals surface area (Å²) in [6.45, 7) is 7.44. The first-order chi connectivity index (χ1) is 11.9. The minimum absolute atomic E-state index is 0.171. The molecule has 0 saturated carbocycles. The Hall–Kier alpha value is -2.30. The highest BCUT2D eigenvalue weighted by Crippen LogP contribution is 2.35. The van der Waals surface area contributed by atoms with Crippen molar-refractivity contribution in [3.63, 3.8) is 0 Å². The zero-order valence-corrected chi connectivity index (χ0v) is 15.1. The highest BCUT2D eigenvalue weighted by Gasteiger charge is 2.44. The summed E-state index contributed by atoms with van der Waals surface area (Å²) in [4.78, 5) is 21.4. The number of amides is 1. The number of fused-ring (bicyclic) bond motifs is 3. The Morgan fingerprint density at radius 2 is 1.80 bits per heavy atom. The third-order valence-electron chi connectivity index (χ3n) is 5.07. The average Bonchev–Trinajstić information content (AvgIpc) is 2.83. The van der Waals surface area contributed by atoms with Gasteiger partial charge in [-0.1, -0.05) is 24.3 Å². The highest BCUT2D eigenvalue weighted by atomic mass is 16.6. The summed E-state index contributed by atoms with van der Waals surface area (Å²) in [5, 5.41) is 2.38. The Morgan fingerprint density at radius 1 is 1.12 bits per heavy atom. The molecule has 4 rings (SSSR count). The lowest BCUT2D eigenvalue weighted by Crippen LogP contribution is -2.56. The fraction of sp³-hybridized carbons (Fsp3) is 0.500. The van der Waals surface area contributed by atoms with Crippen molar-refractivity contribution in [2.45, 2.75) is 51.3 Å². The van der Waals surface area contributed by atoms with E-state index in [4.69, 9.17) is 4.74 Å². The zero-order chi connectivity index (χ0) is 17.6. The Balaban J connectivity index is 1.58. The summed E-state index contributed by atoms with van der Waals surface area (Å²) in [5.41, 5.74) is 0.714. The van der Waals surface area contributed by atoms with E-state index in [1.54, 1.807) is 0 Å². The van der Waals surface area contributed by atoms with Crippen LogP contribution in [-0.4, -0.2) is 46.8 Å². The second kappa shape index (κ2) is 5.90. The summed E-state index contributed by atoms with van der Waals surface area (Å²) in [7, 11) is 0. The standard InChI is InChI=1S/C20H25N3O2/c1-20(2,3)25-19(24)23-15-8-9-16(23)13-22(12-15)18-11-21-10-14-6-4-5-7-17(14)18/h4-7,10-11,15-16H,8-9,12-13H2,1-3H3/t15-,16+. The van der Waals surface area contributed by atoms with Gasteiger partial charge >= 0.3 is 6.09 Å². The molecule has 1 aromatic heterocycles. The van der Waals surface area contributed by atoms with Crippen LogP contribution < -0.4 is 4.90 Å². The van der Waals surface area contributed by atoms with Gasteiger partial charge in [0.05, 0.1) is 24.0 Å². The quantitative estimate of drug-likeness (QED) is 0.792. The number of pyridine rings is 1. The molecule has 25 heavy (non-hydrogen) atoms. The van der Waals surface area contributed by atoms with Crippen LogP contribution >= 0.6 is 0 Å². The first-order valence-electron chi connectivity index (χ1n) is 9.01. The summed E-state index contributed by atoms with van der Waals surface area (Å²) >= 11 is 0. The largest absolute Gasteiger partial charge is 0.444 e. The number of anilines is 1. The predicted molar refractivity (Wildman–Crippen MR) is 98.8 cm³/mol. The van der Waals surface area contributed by atoms with E-state index in [9.17, 15) is 4.79 Å². The number of ether oxygens (including phenoxy) is 1. The van der Waals surface area contributed by atoms with Crippen LogP contribution in [0, 0.1) is 0 Å². The molecule has 0 spiro atoms. The van der Waals surface area contributed by atoms with Crippen LogP contribution in [0.2, 0.25) is 0 Å². The molecule has 1 aromatic carbocycles. The van der Waals surface area contributed by atoms with Gasteiger partial charge in [0, 0.05) is 30.1 Å². The number of aromatic nitrogens is 1. The number of rotatable bonds is 1. The highest BCUT2D eigenvalue weighted by molar-refractivity contribution is 5.93. The number of piperazine rings is 1. The van der Waals surface area contributed by atoms with Gasteiger partial charge < -0.3 is 9.64 Å². The molecular weight excluding hydrogens is 314 g/mol. The number of benzene rings is 1. The maximum atomic E-state index is 12.6. The van der Waals surface area contributed by atoms with Crippen LogP contribution in [0.4, 0.5) is 10.5 Å². The van der Waals surface area contributed by atoms with Crippen molar-refractivity contribution in [3.05, 3.63) is 36.7 Å². The molecule has 0 N–H and O–H groups in total. The van der Waals surface area contributed by atoms with E-state index in [2.05, 4.69) is 28.1 Å². The number of nitrogens with zero attached hydrogens (tertiary/aromatic N) is 3. The third kappa shape index (κ3) is 3.03. The van der Waals surface area contributed by atoms with Gasteiger partial charge in [0.25, 0.3) is 0 Å². The second-order valence-corrected chi connectivity index (χ2v) is 8.06. The first kappa shape index (κ1) is 16.2. The fourth-order valence-corrected chi connectivity index (χ4v) is 4.06. The molecule has 5 heteroatoms. The van der Waals surface area contributed by atoms with Crippen LogP contribution in [0.3, 0.4) is 0 Å². The lowest BCUT2D eigenvalue weighted by atomic mass is 10.1. The van der Waals surface area contributed by atoms with E-state index in [-0.39, 0.29) is 18.2 Å². The average molecular weight is 339 g/mol. The molecule has 0 radical (unpaired) electrons. The van der Waals surface area contributed by atoms with E-state index in [1.165, 1.54) is 11.1 Å². The number of hydrogen-bond acceptors (Lipinski definition) is 4. The molecule has 132 valence electrons. The SMILES string of the molecule is CC(C)(C)OC(=O)N1[C@@H]2CC[C@H]1CN(c1cncc3ccccc13)C2. The van der Waals surface area contributed by atoms with E-state index >= 15 is 0 Å². The molecule has 5 nitrogen and oxygen atoms in total. The number of carbonyl (C=O) groups is 1. The molecule has 1 amide bonds. The van der Waals surface area contributed by atoms with Gasteiger partial charge in [-0.25, -0.2) is 4.79 Å². The van der Waals surface area contributed by atoms with Crippen LogP contribution in [0.25, 0.3) is 10.8 Å². The second-order valence-electron chi connectivity index (χ2n) is 8.06. The Kier molecular flexibility index (Phi) is 3.82. The monoisotopic (exact) mass is 339 g/mol. The minimum atomic E-state index is -0.451. The zero-order valence-electron chi connectivity index (χ0n) is 15.1. The van der Waals surface area contributed by atoms with Crippen LogP contribution in [0.5, 0.6) is 0 Å².